The molecule has 0 aromatic carbocycles. The van der Waals surface area contributed by atoms with E-state index in [4.69, 9.17) is 4.42 Å². The highest BCUT2D eigenvalue weighted by molar-refractivity contribution is 7.98. The SMILES string of the molecule is CSc1ccc(C(=O)N2CCC3CCC(C2)N3)o1. The zero-order chi connectivity index (χ0) is 12.5. The third-order valence-corrected chi connectivity index (χ3v) is 4.43. The zero-order valence-electron chi connectivity index (χ0n) is 10.5. The van der Waals surface area contributed by atoms with Crippen molar-refractivity contribution in [3.8, 4) is 0 Å². The van der Waals surface area contributed by atoms with E-state index in [9.17, 15) is 4.79 Å². The van der Waals surface area contributed by atoms with Crippen molar-refractivity contribution >= 4 is 17.7 Å². The normalized spacial score (nSPS) is 27.3. The van der Waals surface area contributed by atoms with Crippen LogP contribution in [0.25, 0.3) is 0 Å². The van der Waals surface area contributed by atoms with E-state index in [1.807, 2.05) is 17.2 Å². The summed E-state index contributed by atoms with van der Waals surface area (Å²) in [5.74, 6) is 0.502. The van der Waals surface area contributed by atoms with Crippen LogP contribution in [-0.4, -0.2) is 42.2 Å². The minimum atomic E-state index is 0.0321. The van der Waals surface area contributed by atoms with Gasteiger partial charge in [0.25, 0.3) is 5.91 Å². The fourth-order valence-corrected chi connectivity index (χ4v) is 3.21. The van der Waals surface area contributed by atoms with Gasteiger partial charge in [0.15, 0.2) is 10.9 Å². The summed E-state index contributed by atoms with van der Waals surface area (Å²) in [4.78, 5) is 14.3. The molecule has 2 saturated heterocycles. The first kappa shape index (κ1) is 12.1. The highest BCUT2D eigenvalue weighted by atomic mass is 32.2. The van der Waals surface area contributed by atoms with Crippen molar-refractivity contribution in [2.45, 2.75) is 36.4 Å². The lowest BCUT2D eigenvalue weighted by Gasteiger charge is -2.23. The molecule has 2 atom stereocenters. The Labute approximate surface area is 111 Å². The van der Waals surface area contributed by atoms with Crippen molar-refractivity contribution in [1.82, 2.24) is 10.2 Å². The van der Waals surface area contributed by atoms with E-state index < -0.39 is 0 Å². The number of amides is 1. The van der Waals surface area contributed by atoms with Crippen LogP contribution in [0, 0.1) is 0 Å². The number of thioether (sulfide) groups is 1. The van der Waals surface area contributed by atoms with Crippen LogP contribution in [-0.2, 0) is 0 Å². The van der Waals surface area contributed by atoms with Crippen LogP contribution in [0.15, 0.2) is 21.6 Å². The Morgan fingerprint density at radius 2 is 2.22 bits per heavy atom. The van der Waals surface area contributed by atoms with Crippen molar-refractivity contribution in [3.63, 3.8) is 0 Å². The number of hydrogen-bond donors (Lipinski definition) is 1. The summed E-state index contributed by atoms with van der Waals surface area (Å²) in [5.41, 5.74) is 0. The standard InChI is InChI=1S/C13H18N2O2S/c1-18-12-5-4-11(17-12)13(16)15-7-6-9-2-3-10(8-15)14-9/h4-5,9-10,14H,2-3,6-8H2,1H3. The number of nitrogens with one attached hydrogen (secondary N) is 1. The van der Waals surface area contributed by atoms with Crippen LogP contribution in [0.4, 0.5) is 0 Å². The molecule has 2 bridgehead atoms. The van der Waals surface area contributed by atoms with E-state index >= 15 is 0 Å². The number of carbonyl (C=O) groups is 1. The third kappa shape index (κ3) is 2.29. The molecule has 5 heteroatoms. The Kier molecular flexibility index (Phi) is 3.35. The number of fused-ring (bicyclic) bond motifs is 2. The maximum Gasteiger partial charge on any atom is 0.289 e. The van der Waals surface area contributed by atoms with Gasteiger partial charge in [0.05, 0.1) is 0 Å². The van der Waals surface area contributed by atoms with Gasteiger partial charge in [0.1, 0.15) is 0 Å². The fraction of sp³-hybridized carbons (Fsp3) is 0.615. The van der Waals surface area contributed by atoms with Crippen molar-refractivity contribution in [1.29, 1.82) is 0 Å². The van der Waals surface area contributed by atoms with Crippen LogP contribution < -0.4 is 5.32 Å². The van der Waals surface area contributed by atoms with Crippen molar-refractivity contribution in [2.75, 3.05) is 19.3 Å². The smallest absolute Gasteiger partial charge is 0.289 e. The lowest BCUT2D eigenvalue weighted by Crippen LogP contribution is -2.38. The molecule has 0 aliphatic carbocycles. The monoisotopic (exact) mass is 266 g/mol. The maximum atomic E-state index is 12.4. The van der Waals surface area contributed by atoms with Gasteiger partial charge in [-0.25, -0.2) is 0 Å². The predicted octanol–water partition coefficient (Wildman–Crippen LogP) is 1.97. The van der Waals surface area contributed by atoms with Crippen molar-refractivity contribution in [3.05, 3.63) is 17.9 Å². The number of likely N-dealkylation sites (tertiary alicyclic amines) is 1. The molecule has 1 aromatic rings. The zero-order valence-corrected chi connectivity index (χ0v) is 11.3. The minimum absolute atomic E-state index is 0.0321. The minimum Gasteiger partial charge on any atom is -0.445 e. The van der Waals surface area contributed by atoms with Crippen LogP contribution in [0.1, 0.15) is 29.8 Å². The van der Waals surface area contributed by atoms with Gasteiger partial charge in [-0.2, -0.15) is 0 Å². The van der Waals surface area contributed by atoms with Gasteiger partial charge in [-0.05, 0) is 37.7 Å². The predicted molar refractivity (Wildman–Crippen MR) is 71.0 cm³/mol. The molecular formula is C13H18N2O2S. The molecule has 3 heterocycles. The largest absolute Gasteiger partial charge is 0.445 e. The van der Waals surface area contributed by atoms with Crippen molar-refractivity contribution in [2.24, 2.45) is 0 Å². The molecule has 1 N–H and O–H groups in total. The van der Waals surface area contributed by atoms with Crippen LogP contribution in [0.5, 0.6) is 0 Å². The van der Waals surface area contributed by atoms with Gasteiger partial charge in [0, 0.05) is 25.2 Å². The summed E-state index contributed by atoms with van der Waals surface area (Å²) in [6.45, 7) is 1.65. The summed E-state index contributed by atoms with van der Waals surface area (Å²) in [6.07, 6.45) is 5.44. The Morgan fingerprint density at radius 1 is 1.39 bits per heavy atom. The summed E-state index contributed by atoms with van der Waals surface area (Å²) < 4.78 is 5.52. The molecule has 1 aromatic heterocycles. The Balaban J connectivity index is 1.72. The summed E-state index contributed by atoms with van der Waals surface area (Å²) in [5, 5.41) is 4.38. The first-order valence-corrected chi connectivity index (χ1v) is 7.68. The number of carbonyl (C=O) groups excluding carboxylic acids is 1. The molecule has 2 unspecified atom stereocenters. The van der Waals surface area contributed by atoms with E-state index in [0.717, 1.165) is 24.6 Å². The Bertz CT molecular complexity index is 446. The molecule has 0 spiro atoms. The molecule has 0 saturated carbocycles. The number of nitrogens with zero attached hydrogens (tertiary/aromatic N) is 1. The van der Waals surface area contributed by atoms with E-state index in [1.165, 1.54) is 24.6 Å². The van der Waals surface area contributed by atoms with E-state index in [1.54, 1.807) is 6.07 Å². The summed E-state index contributed by atoms with van der Waals surface area (Å²) >= 11 is 1.52. The van der Waals surface area contributed by atoms with E-state index in [2.05, 4.69) is 5.32 Å². The second-order valence-corrected chi connectivity index (χ2v) is 5.81. The van der Waals surface area contributed by atoms with Gasteiger partial charge in [-0.3, -0.25) is 4.79 Å². The quantitative estimate of drug-likeness (QED) is 0.831. The van der Waals surface area contributed by atoms with Gasteiger partial charge >= 0.3 is 0 Å². The molecule has 1 amide bonds. The molecule has 2 aliphatic rings. The molecule has 2 fully saturated rings. The van der Waals surface area contributed by atoms with Crippen LogP contribution in [0.2, 0.25) is 0 Å². The molecule has 98 valence electrons. The van der Waals surface area contributed by atoms with Gasteiger partial charge in [-0.15, -0.1) is 0 Å². The number of furan rings is 1. The number of rotatable bonds is 2. The second kappa shape index (κ2) is 4.97. The lowest BCUT2D eigenvalue weighted by molar-refractivity contribution is 0.0710. The maximum absolute atomic E-state index is 12.4. The highest BCUT2D eigenvalue weighted by Gasteiger charge is 2.32. The van der Waals surface area contributed by atoms with E-state index in [-0.39, 0.29) is 5.91 Å². The molecule has 0 radical (unpaired) electrons. The summed E-state index contributed by atoms with van der Waals surface area (Å²) in [6, 6.07) is 4.72. The van der Waals surface area contributed by atoms with Crippen LogP contribution in [0.3, 0.4) is 0 Å². The van der Waals surface area contributed by atoms with Crippen molar-refractivity contribution < 1.29 is 9.21 Å². The van der Waals surface area contributed by atoms with Gasteiger partial charge in [0.2, 0.25) is 0 Å². The molecule has 4 nitrogen and oxygen atoms in total. The second-order valence-electron chi connectivity index (χ2n) is 5.00. The average molecular weight is 266 g/mol. The molecule has 3 rings (SSSR count). The molecule has 18 heavy (non-hydrogen) atoms. The number of hydrogen-bond acceptors (Lipinski definition) is 4. The molecular weight excluding hydrogens is 248 g/mol. The van der Waals surface area contributed by atoms with Gasteiger partial charge in [-0.1, -0.05) is 11.8 Å². The third-order valence-electron chi connectivity index (χ3n) is 3.80. The topological polar surface area (TPSA) is 45.5 Å². The van der Waals surface area contributed by atoms with Crippen LogP contribution >= 0.6 is 11.8 Å². The summed E-state index contributed by atoms with van der Waals surface area (Å²) in [7, 11) is 0. The lowest BCUT2D eigenvalue weighted by atomic mass is 10.1. The first-order chi connectivity index (χ1) is 8.76. The van der Waals surface area contributed by atoms with E-state index in [0.29, 0.717) is 17.8 Å². The fourth-order valence-electron chi connectivity index (χ4n) is 2.83. The Morgan fingerprint density at radius 3 is 3.00 bits per heavy atom. The average Bonchev–Trinajstić information content (AvgIpc) is 2.95. The highest BCUT2D eigenvalue weighted by Crippen LogP contribution is 2.23. The van der Waals surface area contributed by atoms with Gasteiger partial charge < -0.3 is 14.6 Å². The Hall–Kier alpha value is -0.940. The molecule has 2 aliphatic heterocycles. The first-order valence-electron chi connectivity index (χ1n) is 6.45.